The summed E-state index contributed by atoms with van der Waals surface area (Å²) in [5.74, 6) is 0.0345. The second-order valence-electron chi connectivity index (χ2n) is 3.91. The van der Waals surface area contributed by atoms with Crippen LogP contribution in [0, 0.1) is 18.3 Å². The van der Waals surface area contributed by atoms with Crippen molar-refractivity contribution in [3.05, 3.63) is 35.5 Å². The van der Waals surface area contributed by atoms with Crippen molar-refractivity contribution in [3.63, 3.8) is 0 Å². The summed E-state index contributed by atoms with van der Waals surface area (Å²) in [6.07, 6.45) is 1.76. The second kappa shape index (κ2) is 3.82. The maximum absolute atomic E-state index is 11.5. The van der Waals surface area contributed by atoms with Crippen molar-refractivity contribution in [2.45, 2.75) is 20.4 Å². The van der Waals surface area contributed by atoms with Gasteiger partial charge in [-0.25, -0.2) is 0 Å². The Morgan fingerprint density at radius 3 is 2.88 bits per heavy atom. The number of nitriles is 1. The fraction of sp³-hybridized carbons (Fsp3) is 0.231. The van der Waals surface area contributed by atoms with Crippen LogP contribution in [0.4, 0.5) is 0 Å². The van der Waals surface area contributed by atoms with Crippen molar-refractivity contribution in [2.75, 3.05) is 0 Å². The fourth-order valence-electron chi connectivity index (χ4n) is 1.90. The van der Waals surface area contributed by atoms with Gasteiger partial charge in [-0.2, -0.15) is 5.26 Å². The predicted octanol–water partition coefficient (Wildman–Crippen LogP) is 2.68. The van der Waals surface area contributed by atoms with E-state index in [0.29, 0.717) is 5.56 Å². The molecule has 0 N–H and O–H groups in total. The lowest BCUT2D eigenvalue weighted by Crippen LogP contribution is -1.93. The van der Waals surface area contributed by atoms with Gasteiger partial charge in [0.1, 0.15) is 6.54 Å². The van der Waals surface area contributed by atoms with Gasteiger partial charge in [0, 0.05) is 22.7 Å². The lowest BCUT2D eigenvalue weighted by molar-refractivity contribution is 0.101. The first-order valence-electron chi connectivity index (χ1n) is 5.11. The summed E-state index contributed by atoms with van der Waals surface area (Å²) >= 11 is 0. The molecule has 0 aliphatic carbocycles. The molecule has 2 rings (SSSR count). The molecule has 0 fully saturated rings. The molecule has 0 aliphatic rings. The molecular formula is C13H12N2O. The van der Waals surface area contributed by atoms with Crippen LogP contribution in [0.15, 0.2) is 24.4 Å². The van der Waals surface area contributed by atoms with Crippen LogP contribution in [0.2, 0.25) is 0 Å². The third kappa shape index (κ3) is 1.59. The third-order valence-electron chi connectivity index (χ3n) is 2.66. The number of hydrogen-bond acceptors (Lipinski definition) is 2. The van der Waals surface area contributed by atoms with Crippen LogP contribution >= 0.6 is 0 Å². The fourth-order valence-corrected chi connectivity index (χ4v) is 1.90. The van der Waals surface area contributed by atoms with Crippen LogP contribution in [-0.4, -0.2) is 10.4 Å². The van der Waals surface area contributed by atoms with Crippen LogP contribution in [0.25, 0.3) is 10.9 Å². The molecule has 2 aromatic rings. The first-order chi connectivity index (χ1) is 7.63. The van der Waals surface area contributed by atoms with Crippen LogP contribution in [0.5, 0.6) is 0 Å². The predicted molar refractivity (Wildman–Crippen MR) is 62.3 cm³/mol. The molecule has 0 amide bonds. The number of Topliss-reactive ketones (excluding diaryl/α,β-unsaturated/α-hetero) is 1. The van der Waals surface area contributed by atoms with E-state index in [2.05, 4.69) is 6.07 Å². The lowest BCUT2D eigenvalue weighted by Gasteiger charge is -1.98. The molecule has 0 spiro atoms. The molecule has 0 unspecified atom stereocenters. The highest BCUT2D eigenvalue weighted by molar-refractivity contribution is 6.07. The number of aryl methyl sites for hydroxylation is 1. The van der Waals surface area contributed by atoms with Crippen molar-refractivity contribution in [1.29, 1.82) is 5.26 Å². The summed E-state index contributed by atoms with van der Waals surface area (Å²) < 4.78 is 1.81. The van der Waals surface area contributed by atoms with Gasteiger partial charge in [0.15, 0.2) is 5.78 Å². The molecule has 0 radical (unpaired) electrons. The topological polar surface area (TPSA) is 45.8 Å². The Bertz CT molecular complexity index is 602. The number of rotatable bonds is 2. The van der Waals surface area contributed by atoms with Gasteiger partial charge in [-0.3, -0.25) is 4.79 Å². The van der Waals surface area contributed by atoms with E-state index < -0.39 is 0 Å². The number of fused-ring (bicyclic) bond motifs is 1. The van der Waals surface area contributed by atoms with Crippen LogP contribution in [-0.2, 0) is 6.54 Å². The maximum Gasteiger partial charge on any atom is 0.161 e. The van der Waals surface area contributed by atoms with Crippen LogP contribution in [0.1, 0.15) is 22.8 Å². The number of carbonyl (C=O) groups excluding carboxylic acids is 1. The molecule has 3 nitrogen and oxygen atoms in total. The Kier molecular flexibility index (Phi) is 2.49. The molecule has 1 aromatic carbocycles. The quantitative estimate of drug-likeness (QED) is 0.718. The van der Waals surface area contributed by atoms with E-state index in [1.165, 1.54) is 0 Å². The summed E-state index contributed by atoms with van der Waals surface area (Å²) in [5, 5.41) is 9.66. The van der Waals surface area contributed by atoms with Gasteiger partial charge in [0.25, 0.3) is 0 Å². The minimum atomic E-state index is 0.0345. The maximum atomic E-state index is 11.5. The summed E-state index contributed by atoms with van der Waals surface area (Å²) in [7, 11) is 0. The molecule has 0 atom stereocenters. The van der Waals surface area contributed by atoms with Crippen LogP contribution < -0.4 is 0 Å². The zero-order valence-electron chi connectivity index (χ0n) is 9.32. The highest BCUT2D eigenvalue weighted by Gasteiger charge is 2.11. The molecule has 1 aromatic heterocycles. The molecule has 0 bridgehead atoms. The molecular weight excluding hydrogens is 200 g/mol. The van der Waals surface area contributed by atoms with E-state index in [1.54, 1.807) is 13.1 Å². The summed E-state index contributed by atoms with van der Waals surface area (Å²) in [6.45, 7) is 3.81. The third-order valence-corrected chi connectivity index (χ3v) is 2.66. The molecule has 1 heterocycles. The Labute approximate surface area is 93.9 Å². The van der Waals surface area contributed by atoms with Crippen molar-refractivity contribution < 1.29 is 4.79 Å². The molecule has 0 saturated carbocycles. The second-order valence-corrected chi connectivity index (χ2v) is 3.91. The van der Waals surface area contributed by atoms with Gasteiger partial charge in [-0.1, -0.05) is 11.6 Å². The average molecular weight is 212 g/mol. The number of nitrogens with zero attached hydrogens (tertiary/aromatic N) is 2. The number of aromatic nitrogens is 1. The number of ketones is 1. The highest BCUT2D eigenvalue weighted by atomic mass is 16.1. The van der Waals surface area contributed by atoms with Gasteiger partial charge in [0.05, 0.1) is 6.07 Å². The van der Waals surface area contributed by atoms with Crippen molar-refractivity contribution in [1.82, 2.24) is 4.57 Å². The Hall–Kier alpha value is -2.08. The van der Waals surface area contributed by atoms with Crippen LogP contribution in [0.3, 0.4) is 0 Å². The van der Waals surface area contributed by atoms with E-state index in [0.717, 1.165) is 16.5 Å². The van der Waals surface area contributed by atoms with Crippen molar-refractivity contribution in [2.24, 2.45) is 0 Å². The summed E-state index contributed by atoms with van der Waals surface area (Å²) in [5.41, 5.74) is 2.75. The van der Waals surface area contributed by atoms with E-state index in [9.17, 15) is 4.79 Å². The van der Waals surface area contributed by atoms with E-state index >= 15 is 0 Å². The first kappa shape index (κ1) is 10.4. The number of hydrogen-bond donors (Lipinski definition) is 0. The van der Waals surface area contributed by atoms with Gasteiger partial charge in [-0.05, 0) is 26.0 Å². The lowest BCUT2D eigenvalue weighted by atomic mass is 10.1. The molecule has 16 heavy (non-hydrogen) atoms. The molecule has 0 saturated heterocycles. The molecule has 80 valence electrons. The van der Waals surface area contributed by atoms with E-state index in [1.807, 2.05) is 29.7 Å². The minimum absolute atomic E-state index is 0.0345. The standard InChI is InChI=1S/C13H12N2O/c1-9-3-4-13-11(7-9)12(10(2)16)8-15(13)6-5-14/h3-4,7-8H,6H2,1-2H3. The number of benzene rings is 1. The summed E-state index contributed by atoms with van der Waals surface area (Å²) in [6, 6.07) is 8.02. The SMILES string of the molecule is CC(=O)c1cn(CC#N)c2ccc(C)cc12. The zero-order chi connectivity index (χ0) is 11.7. The highest BCUT2D eigenvalue weighted by Crippen LogP contribution is 2.23. The van der Waals surface area contributed by atoms with E-state index in [4.69, 9.17) is 5.26 Å². The first-order valence-corrected chi connectivity index (χ1v) is 5.11. The van der Waals surface area contributed by atoms with Gasteiger partial charge in [-0.15, -0.1) is 0 Å². The smallest absolute Gasteiger partial charge is 0.161 e. The van der Waals surface area contributed by atoms with Crippen molar-refractivity contribution >= 4 is 16.7 Å². The molecule has 3 heteroatoms. The number of carbonyl (C=O) groups is 1. The Morgan fingerprint density at radius 1 is 1.50 bits per heavy atom. The zero-order valence-corrected chi connectivity index (χ0v) is 9.32. The summed E-state index contributed by atoms with van der Waals surface area (Å²) in [4.78, 5) is 11.5. The van der Waals surface area contributed by atoms with Gasteiger partial charge < -0.3 is 4.57 Å². The minimum Gasteiger partial charge on any atom is -0.333 e. The van der Waals surface area contributed by atoms with Gasteiger partial charge in [0.2, 0.25) is 0 Å². The van der Waals surface area contributed by atoms with E-state index in [-0.39, 0.29) is 12.3 Å². The normalized spacial score (nSPS) is 10.3. The largest absolute Gasteiger partial charge is 0.333 e. The van der Waals surface area contributed by atoms with Crippen molar-refractivity contribution in [3.8, 4) is 6.07 Å². The monoisotopic (exact) mass is 212 g/mol. The average Bonchev–Trinajstić information content (AvgIpc) is 2.57. The Balaban J connectivity index is 2.77. The van der Waals surface area contributed by atoms with Gasteiger partial charge >= 0.3 is 0 Å². The Morgan fingerprint density at radius 2 is 2.25 bits per heavy atom. The molecule has 0 aliphatic heterocycles.